The third kappa shape index (κ3) is 1.54. The lowest BCUT2D eigenvalue weighted by Gasteiger charge is -2.08. The SMILES string of the molecule is Cc1cc(=O)oc2cc3c4c(oc3cc12)CCCC4. The predicted octanol–water partition coefficient (Wildman–Crippen LogP) is 3.73. The van der Waals surface area contributed by atoms with Gasteiger partial charge in [0.1, 0.15) is 16.9 Å². The van der Waals surface area contributed by atoms with Crippen LogP contribution in [-0.4, -0.2) is 0 Å². The molecule has 0 atom stereocenters. The van der Waals surface area contributed by atoms with Crippen molar-refractivity contribution in [2.24, 2.45) is 0 Å². The highest BCUT2D eigenvalue weighted by molar-refractivity contribution is 5.96. The van der Waals surface area contributed by atoms with Crippen LogP contribution < -0.4 is 5.63 Å². The third-order valence-corrected chi connectivity index (χ3v) is 4.03. The molecule has 3 aromatic rings. The molecule has 96 valence electrons. The molecule has 3 heteroatoms. The molecule has 1 aromatic carbocycles. The minimum Gasteiger partial charge on any atom is -0.461 e. The van der Waals surface area contributed by atoms with Gasteiger partial charge in [0, 0.05) is 28.8 Å². The van der Waals surface area contributed by atoms with Gasteiger partial charge in [0.25, 0.3) is 0 Å². The van der Waals surface area contributed by atoms with Crippen molar-refractivity contribution in [3.05, 3.63) is 45.5 Å². The molecule has 0 spiro atoms. The van der Waals surface area contributed by atoms with Crippen LogP contribution in [0.5, 0.6) is 0 Å². The van der Waals surface area contributed by atoms with E-state index in [1.807, 2.05) is 19.1 Å². The monoisotopic (exact) mass is 254 g/mol. The molecule has 0 amide bonds. The normalized spacial score (nSPS) is 15.0. The fourth-order valence-electron chi connectivity index (χ4n) is 3.07. The lowest BCUT2D eigenvalue weighted by molar-refractivity contribution is 0.506. The third-order valence-electron chi connectivity index (χ3n) is 4.03. The summed E-state index contributed by atoms with van der Waals surface area (Å²) in [5.41, 5.74) is 3.51. The fraction of sp³-hybridized carbons (Fsp3) is 0.312. The second kappa shape index (κ2) is 3.73. The molecule has 4 rings (SSSR count). The van der Waals surface area contributed by atoms with Gasteiger partial charge in [-0.25, -0.2) is 4.79 Å². The number of benzene rings is 1. The first-order chi connectivity index (χ1) is 9.22. The van der Waals surface area contributed by atoms with Gasteiger partial charge in [0.2, 0.25) is 0 Å². The first kappa shape index (κ1) is 10.9. The summed E-state index contributed by atoms with van der Waals surface area (Å²) in [5, 5.41) is 2.06. The summed E-state index contributed by atoms with van der Waals surface area (Å²) in [6.45, 7) is 1.92. The van der Waals surface area contributed by atoms with Gasteiger partial charge in [-0.05, 0) is 43.9 Å². The Hall–Kier alpha value is -2.03. The van der Waals surface area contributed by atoms with E-state index < -0.39 is 0 Å². The largest absolute Gasteiger partial charge is 0.461 e. The van der Waals surface area contributed by atoms with Gasteiger partial charge in [-0.3, -0.25) is 0 Å². The molecule has 1 aliphatic carbocycles. The number of aryl methyl sites for hydroxylation is 3. The van der Waals surface area contributed by atoms with Gasteiger partial charge >= 0.3 is 5.63 Å². The zero-order valence-corrected chi connectivity index (χ0v) is 10.8. The Balaban J connectivity index is 2.14. The van der Waals surface area contributed by atoms with Gasteiger partial charge in [-0.2, -0.15) is 0 Å². The zero-order valence-electron chi connectivity index (χ0n) is 10.8. The second-order valence-corrected chi connectivity index (χ2v) is 5.30. The Morgan fingerprint density at radius 2 is 1.68 bits per heavy atom. The van der Waals surface area contributed by atoms with Crippen LogP contribution in [0.15, 0.2) is 31.8 Å². The van der Waals surface area contributed by atoms with Gasteiger partial charge in [-0.1, -0.05) is 0 Å². The van der Waals surface area contributed by atoms with Crippen LogP contribution in [0, 0.1) is 6.92 Å². The number of fused-ring (bicyclic) bond motifs is 4. The molecule has 19 heavy (non-hydrogen) atoms. The Morgan fingerprint density at radius 1 is 0.947 bits per heavy atom. The molecule has 2 heterocycles. The molecule has 0 aliphatic heterocycles. The van der Waals surface area contributed by atoms with Crippen LogP contribution in [0.25, 0.3) is 21.9 Å². The average molecular weight is 254 g/mol. The highest BCUT2D eigenvalue weighted by Crippen LogP contribution is 2.34. The highest BCUT2D eigenvalue weighted by Gasteiger charge is 2.18. The molecule has 0 radical (unpaired) electrons. The quantitative estimate of drug-likeness (QED) is 0.574. The molecule has 0 saturated carbocycles. The van der Waals surface area contributed by atoms with E-state index in [2.05, 4.69) is 0 Å². The standard InChI is InChI=1S/C16H14O3/c1-9-6-16(17)19-14-8-12-10-4-2-3-5-13(10)18-15(12)7-11(9)14/h6-8H,2-5H2,1H3. The van der Waals surface area contributed by atoms with Crippen molar-refractivity contribution in [2.75, 3.05) is 0 Å². The molecule has 0 saturated heterocycles. The van der Waals surface area contributed by atoms with Gasteiger partial charge < -0.3 is 8.83 Å². The Labute approximate surface area is 109 Å². The second-order valence-electron chi connectivity index (χ2n) is 5.30. The predicted molar refractivity (Wildman–Crippen MR) is 73.6 cm³/mol. The van der Waals surface area contributed by atoms with Crippen molar-refractivity contribution in [1.29, 1.82) is 0 Å². The summed E-state index contributed by atoms with van der Waals surface area (Å²) < 4.78 is 11.3. The highest BCUT2D eigenvalue weighted by atomic mass is 16.4. The van der Waals surface area contributed by atoms with Crippen molar-refractivity contribution >= 4 is 21.9 Å². The van der Waals surface area contributed by atoms with E-state index in [0.717, 1.165) is 40.5 Å². The van der Waals surface area contributed by atoms with E-state index in [0.29, 0.717) is 5.58 Å². The van der Waals surface area contributed by atoms with E-state index in [-0.39, 0.29) is 5.63 Å². The minimum atomic E-state index is -0.290. The van der Waals surface area contributed by atoms with Gasteiger partial charge in [0.15, 0.2) is 0 Å². The van der Waals surface area contributed by atoms with Crippen LogP contribution >= 0.6 is 0 Å². The molecule has 0 unspecified atom stereocenters. The smallest absolute Gasteiger partial charge is 0.336 e. The summed E-state index contributed by atoms with van der Waals surface area (Å²) in [6, 6.07) is 5.49. The van der Waals surface area contributed by atoms with Crippen molar-refractivity contribution in [2.45, 2.75) is 32.6 Å². The fourth-order valence-corrected chi connectivity index (χ4v) is 3.07. The maximum absolute atomic E-state index is 11.5. The molecule has 1 aliphatic rings. The molecule has 0 bridgehead atoms. The Bertz CT molecular complexity index is 852. The maximum atomic E-state index is 11.5. The van der Waals surface area contributed by atoms with Crippen LogP contribution in [0.3, 0.4) is 0 Å². The number of rotatable bonds is 0. The first-order valence-electron chi connectivity index (χ1n) is 6.71. The Morgan fingerprint density at radius 3 is 2.58 bits per heavy atom. The summed E-state index contributed by atoms with van der Waals surface area (Å²) in [7, 11) is 0. The lowest BCUT2D eigenvalue weighted by Crippen LogP contribution is -1.99. The van der Waals surface area contributed by atoms with Crippen molar-refractivity contribution in [3.63, 3.8) is 0 Å². The first-order valence-corrected chi connectivity index (χ1v) is 6.71. The van der Waals surface area contributed by atoms with E-state index >= 15 is 0 Å². The lowest BCUT2D eigenvalue weighted by atomic mass is 9.95. The van der Waals surface area contributed by atoms with Crippen LogP contribution in [0.1, 0.15) is 29.7 Å². The van der Waals surface area contributed by atoms with Gasteiger partial charge in [0.05, 0.1) is 0 Å². The molecule has 0 fully saturated rings. The topological polar surface area (TPSA) is 43.4 Å². The molecular weight excluding hydrogens is 240 g/mol. The van der Waals surface area contributed by atoms with E-state index in [1.165, 1.54) is 24.5 Å². The summed E-state index contributed by atoms with van der Waals surface area (Å²) in [4.78, 5) is 11.5. The Kier molecular flexibility index (Phi) is 2.13. The van der Waals surface area contributed by atoms with E-state index in [1.54, 1.807) is 0 Å². The minimum absolute atomic E-state index is 0.290. The summed E-state index contributed by atoms with van der Waals surface area (Å²) in [6.07, 6.45) is 4.48. The molecule has 2 aromatic heterocycles. The van der Waals surface area contributed by atoms with Crippen LogP contribution in [0.2, 0.25) is 0 Å². The van der Waals surface area contributed by atoms with Crippen molar-refractivity contribution in [3.8, 4) is 0 Å². The van der Waals surface area contributed by atoms with Crippen LogP contribution in [0.4, 0.5) is 0 Å². The summed E-state index contributed by atoms with van der Waals surface area (Å²) >= 11 is 0. The van der Waals surface area contributed by atoms with Gasteiger partial charge in [-0.15, -0.1) is 0 Å². The molecule has 3 nitrogen and oxygen atoms in total. The van der Waals surface area contributed by atoms with Crippen LogP contribution in [-0.2, 0) is 12.8 Å². The van der Waals surface area contributed by atoms with E-state index in [4.69, 9.17) is 8.83 Å². The van der Waals surface area contributed by atoms with Crippen molar-refractivity contribution < 1.29 is 8.83 Å². The van der Waals surface area contributed by atoms with E-state index in [9.17, 15) is 4.79 Å². The number of hydrogen-bond donors (Lipinski definition) is 0. The zero-order chi connectivity index (χ0) is 13.0. The molecular formula is C16H14O3. The average Bonchev–Trinajstić information content (AvgIpc) is 2.74. The number of hydrogen-bond acceptors (Lipinski definition) is 3. The van der Waals surface area contributed by atoms with Crippen molar-refractivity contribution in [1.82, 2.24) is 0 Å². The maximum Gasteiger partial charge on any atom is 0.336 e. The molecule has 0 N–H and O–H groups in total. The number of furan rings is 1. The summed E-state index contributed by atoms with van der Waals surface area (Å²) in [5.74, 6) is 1.11.